The molecule has 0 amide bonds. The Balaban J connectivity index is 2.65. The van der Waals surface area contributed by atoms with E-state index in [1.807, 2.05) is 0 Å². The van der Waals surface area contributed by atoms with Crippen molar-refractivity contribution in [2.45, 2.75) is 0 Å². The number of carbonyl (C=O) groups is 1. The van der Waals surface area contributed by atoms with Gasteiger partial charge in [0.15, 0.2) is 0 Å². The number of nitro groups is 1. The molecule has 1 heterocycles. The van der Waals surface area contributed by atoms with Crippen LogP contribution in [0.2, 0.25) is 0 Å². The zero-order valence-corrected chi connectivity index (χ0v) is 10.2. The summed E-state index contributed by atoms with van der Waals surface area (Å²) in [5, 5.41) is 33.2. The van der Waals surface area contributed by atoms with Crippen LogP contribution in [-0.2, 0) is 0 Å². The fraction of sp³-hybridized carbons (Fsp3) is 0. The summed E-state index contributed by atoms with van der Waals surface area (Å²) in [7, 11) is 0. The van der Waals surface area contributed by atoms with Gasteiger partial charge in [-0.25, -0.2) is 4.57 Å². The number of nitro benzene ring substituents is 1. The Labute approximate surface area is 116 Å². The molecule has 21 heavy (non-hydrogen) atoms. The normalized spacial score (nSPS) is 9.90. The van der Waals surface area contributed by atoms with E-state index in [1.54, 1.807) is 0 Å². The highest BCUT2D eigenvalue weighted by Gasteiger charge is 2.25. The van der Waals surface area contributed by atoms with Gasteiger partial charge in [-0.3, -0.25) is 14.9 Å². The minimum absolute atomic E-state index is 0.0161. The minimum Gasteiger partial charge on any atom is -0.494 e. The topological polar surface area (TPSA) is 154 Å². The molecule has 1 aromatic carbocycles. The Hall–Kier alpha value is -3.52. The first kappa shape index (κ1) is 13.9. The number of azide groups is 1. The molecule has 1 aromatic heterocycles. The highest BCUT2D eigenvalue weighted by molar-refractivity contribution is 6.02. The fourth-order valence-electron chi connectivity index (χ4n) is 1.71. The molecule has 0 aliphatic carbocycles. The number of aromatic nitrogens is 1. The maximum Gasteiger partial charge on any atom is 0.282 e. The lowest BCUT2D eigenvalue weighted by molar-refractivity contribution is -0.385. The molecule has 0 spiro atoms. The van der Waals surface area contributed by atoms with Gasteiger partial charge >= 0.3 is 0 Å². The molecule has 0 radical (unpaired) electrons. The van der Waals surface area contributed by atoms with Crippen LogP contribution in [0.4, 0.5) is 11.4 Å². The maximum atomic E-state index is 12.2. The molecule has 0 unspecified atom stereocenters. The fourth-order valence-corrected chi connectivity index (χ4v) is 1.71. The van der Waals surface area contributed by atoms with Crippen LogP contribution in [0.15, 0.2) is 35.4 Å². The summed E-state index contributed by atoms with van der Waals surface area (Å²) in [6.45, 7) is 0. The highest BCUT2D eigenvalue weighted by Crippen LogP contribution is 2.29. The van der Waals surface area contributed by atoms with Gasteiger partial charge in [-0.1, -0.05) is 5.11 Å². The number of rotatable bonds is 3. The number of carbonyl (C=O) groups excluding carboxylic acids is 1. The second-order valence-corrected chi connectivity index (χ2v) is 3.84. The van der Waals surface area contributed by atoms with Gasteiger partial charge in [0.1, 0.15) is 5.56 Å². The number of hydrogen-bond donors (Lipinski definition) is 2. The van der Waals surface area contributed by atoms with Crippen LogP contribution in [-0.4, -0.2) is 25.6 Å². The summed E-state index contributed by atoms with van der Waals surface area (Å²) >= 11 is 0. The molecule has 0 aliphatic heterocycles. The molecule has 106 valence electrons. The van der Waals surface area contributed by atoms with Crippen molar-refractivity contribution in [3.05, 3.63) is 56.5 Å². The zero-order valence-electron chi connectivity index (χ0n) is 10.2. The first-order chi connectivity index (χ1) is 9.95. The van der Waals surface area contributed by atoms with Crippen LogP contribution in [0.25, 0.3) is 10.4 Å². The second kappa shape index (κ2) is 5.23. The lowest BCUT2D eigenvalue weighted by atomic mass is 10.1. The largest absolute Gasteiger partial charge is 0.494 e. The standard InChI is InChI=1S/C11H7N5O5/c12-14-13-6-1-2-8(16(20)21)7(5-6)11(19)15-9(17)3-4-10(15)18/h1-5,17-18H. The number of nitrogens with zero attached hydrogens (tertiary/aromatic N) is 5. The quantitative estimate of drug-likeness (QED) is 0.292. The molecule has 0 saturated heterocycles. The highest BCUT2D eigenvalue weighted by atomic mass is 16.6. The van der Waals surface area contributed by atoms with Crippen LogP contribution in [0.3, 0.4) is 0 Å². The van der Waals surface area contributed by atoms with Gasteiger partial charge in [0.05, 0.1) is 4.92 Å². The lowest BCUT2D eigenvalue weighted by Gasteiger charge is -2.06. The van der Waals surface area contributed by atoms with Crippen LogP contribution < -0.4 is 0 Å². The summed E-state index contributed by atoms with van der Waals surface area (Å²) in [6.07, 6.45) is 0. The van der Waals surface area contributed by atoms with E-state index in [4.69, 9.17) is 5.53 Å². The van der Waals surface area contributed by atoms with E-state index in [9.17, 15) is 25.1 Å². The molecular formula is C11H7N5O5. The predicted molar refractivity (Wildman–Crippen MR) is 69.4 cm³/mol. The van der Waals surface area contributed by atoms with E-state index < -0.39 is 33.8 Å². The van der Waals surface area contributed by atoms with Crippen molar-refractivity contribution in [1.29, 1.82) is 0 Å². The summed E-state index contributed by atoms with van der Waals surface area (Å²) in [6, 6.07) is 5.27. The van der Waals surface area contributed by atoms with Crippen molar-refractivity contribution in [3.63, 3.8) is 0 Å². The Kier molecular flexibility index (Phi) is 3.46. The molecule has 0 aliphatic rings. The molecule has 0 saturated carbocycles. The zero-order chi connectivity index (χ0) is 15.6. The Morgan fingerprint density at radius 1 is 1.29 bits per heavy atom. The van der Waals surface area contributed by atoms with Crippen molar-refractivity contribution in [3.8, 4) is 11.8 Å². The average Bonchev–Trinajstić information content (AvgIpc) is 2.77. The Morgan fingerprint density at radius 2 is 1.90 bits per heavy atom. The first-order valence-electron chi connectivity index (χ1n) is 5.43. The van der Waals surface area contributed by atoms with E-state index in [-0.39, 0.29) is 5.69 Å². The van der Waals surface area contributed by atoms with Crippen LogP contribution in [0.1, 0.15) is 10.4 Å². The average molecular weight is 289 g/mol. The van der Waals surface area contributed by atoms with E-state index in [2.05, 4.69) is 10.0 Å². The molecule has 2 rings (SSSR count). The third-order valence-corrected chi connectivity index (χ3v) is 2.61. The molecule has 2 aromatic rings. The van der Waals surface area contributed by atoms with Crippen molar-refractivity contribution in [2.24, 2.45) is 5.11 Å². The van der Waals surface area contributed by atoms with Gasteiger partial charge in [0.25, 0.3) is 11.6 Å². The van der Waals surface area contributed by atoms with Gasteiger partial charge in [-0.2, -0.15) is 0 Å². The summed E-state index contributed by atoms with van der Waals surface area (Å²) in [5.74, 6) is -2.20. The van der Waals surface area contributed by atoms with Crippen molar-refractivity contribution in [1.82, 2.24) is 4.57 Å². The van der Waals surface area contributed by atoms with Gasteiger partial charge in [0.2, 0.25) is 11.8 Å². The number of aromatic hydroxyl groups is 2. The van der Waals surface area contributed by atoms with Gasteiger partial charge < -0.3 is 10.2 Å². The van der Waals surface area contributed by atoms with Crippen LogP contribution in [0.5, 0.6) is 11.8 Å². The molecular weight excluding hydrogens is 282 g/mol. The van der Waals surface area contributed by atoms with E-state index in [0.717, 1.165) is 24.3 Å². The summed E-state index contributed by atoms with van der Waals surface area (Å²) in [4.78, 5) is 24.9. The molecule has 2 N–H and O–H groups in total. The Bertz CT molecular complexity index is 771. The summed E-state index contributed by atoms with van der Waals surface area (Å²) in [5.41, 5.74) is 7.35. The molecule has 10 nitrogen and oxygen atoms in total. The minimum atomic E-state index is -1.03. The lowest BCUT2D eigenvalue weighted by Crippen LogP contribution is -2.13. The first-order valence-corrected chi connectivity index (χ1v) is 5.43. The van der Waals surface area contributed by atoms with Crippen molar-refractivity contribution in [2.75, 3.05) is 0 Å². The van der Waals surface area contributed by atoms with Gasteiger partial charge in [0, 0.05) is 28.8 Å². The summed E-state index contributed by atoms with van der Waals surface area (Å²) < 4.78 is 0.488. The van der Waals surface area contributed by atoms with Gasteiger partial charge in [-0.15, -0.1) is 0 Å². The Morgan fingerprint density at radius 3 is 2.43 bits per heavy atom. The van der Waals surface area contributed by atoms with Crippen LogP contribution in [0, 0.1) is 10.1 Å². The maximum absolute atomic E-state index is 12.2. The SMILES string of the molecule is [N-]=[N+]=Nc1ccc([N+](=O)[O-])c(C(=O)n2c(O)ccc2O)c1. The van der Waals surface area contributed by atoms with Crippen molar-refractivity contribution < 1.29 is 19.9 Å². The molecule has 0 atom stereocenters. The molecule has 0 fully saturated rings. The smallest absolute Gasteiger partial charge is 0.282 e. The predicted octanol–water partition coefficient (Wildman–Crippen LogP) is 2.44. The third-order valence-electron chi connectivity index (χ3n) is 2.61. The van der Waals surface area contributed by atoms with E-state index >= 15 is 0 Å². The van der Waals surface area contributed by atoms with Gasteiger partial charge in [-0.05, 0) is 17.7 Å². The van der Waals surface area contributed by atoms with E-state index in [0.29, 0.717) is 4.57 Å². The third kappa shape index (κ3) is 2.46. The molecule has 0 bridgehead atoms. The monoisotopic (exact) mass is 289 g/mol. The van der Waals surface area contributed by atoms with Crippen molar-refractivity contribution >= 4 is 17.3 Å². The van der Waals surface area contributed by atoms with Crippen LogP contribution >= 0.6 is 0 Å². The number of hydrogen-bond acceptors (Lipinski definition) is 6. The molecule has 10 heteroatoms. The number of benzene rings is 1. The second-order valence-electron chi connectivity index (χ2n) is 3.84. The van der Waals surface area contributed by atoms with E-state index in [1.165, 1.54) is 6.07 Å².